The zero-order valence-corrected chi connectivity index (χ0v) is 10.1. The zero-order valence-electron chi connectivity index (χ0n) is 10.1. The van der Waals surface area contributed by atoms with E-state index in [-0.39, 0.29) is 5.82 Å². The fraction of sp³-hybridized carbons (Fsp3) is 0.571. The molecular formula is C14H20FNO. The predicted molar refractivity (Wildman–Crippen MR) is 66.6 cm³/mol. The fourth-order valence-electron chi connectivity index (χ4n) is 2.37. The summed E-state index contributed by atoms with van der Waals surface area (Å²) in [5.41, 5.74) is 6.37. The largest absolute Gasteiger partial charge is 0.490 e. The first-order valence-electron chi connectivity index (χ1n) is 6.41. The molecule has 3 heteroatoms. The molecule has 1 aromatic carbocycles. The number of nitrogens with two attached hydrogens (primary N) is 1. The Morgan fingerprint density at radius 2 is 2.06 bits per heavy atom. The van der Waals surface area contributed by atoms with E-state index < -0.39 is 0 Å². The molecule has 0 aliphatic heterocycles. The summed E-state index contributed by atoms with van der Waals surface area (Å²) in [4.78, 5) is 0. The van der Waals surface area contributed by atoms with Crippen molar-refractivity contribution in [3.8, 4) is 5.75 Å². The predicted octanol–water partition coefficient (Wildman–Crippen LogP) is 2.90. The van der Waals surface area contributed by atoms with E-state index in [4.69, 9.17) is 10.5 Å². The Kier molecular flexibility index (Phi) is 4.37. The minimum atomic E-state index is -0.269. The third kappa shape index (κ3) is 3.43. The summed E-state index contributed by atoms with van der Waals surface area (Å²) >= 11 is 0. The van der Waals surface area contributed by atoms with E-state index in [1.807, 2.05) is 6.07 Å². The fourth-order valence-corrected chi connectivity index (χ4v) is 2.37. The van der Waals surface area contributed by atoms with E-state index in [0.29, 0.717) is 31.2 Å². The van der Waals surface area contributed by atoms with Crippen molar-refractivity contribution in [3.63, 3.8) is 0 Å². The lowest BCUT2D eigenvalue weighted by Gasteiger charge is -2.12. The molecule has 94 valence electrons. The first kappa shape index (κ1) is 12.4. The van der Waals surface area contributed by atoms with Gasteiger partial charge in [0.2, 0.25) is 0 Å². The molecule has 1 saturated carbocycles. The van der Waals surface area contributed by atoms with Gasteiger partial charge in [0.15, 0.2) is 11.6 Å². The van der Waals surface area contributed by atoms with Crippen LogP contribution in [0.25, 0.3) is 0 Å². The summed E-state index contributed by atoms with van der Waals surface area (Å²) in [6.07, 6.45) is 5.71. The third-order valence-electron chi connectivity index (χ3n) is 3.38. The van der Waals surface area contributed by atoms with Gasteiger partial charge in [-0.25, -0.2) is 4.39 Å². The molecule has 0 aromatic heterocycles. The molecule has 1 fully saturated rings. The molecule has 0 heterocycles. The average molecular weight is 237 g/mol. The molecule has 0 unspecified atom stereocenters. The maximum Gasteiger partial charge on any atom is 0.165 e. The Morgan fingerprint density at radius 3 is 2.71 bits per heavy atom. The molecular weight excluding hydrogens is 217 g/mol. The van der Waals surface area contributed by atoms with Crippen molar-refractivity contribution in [1.82, 2.24) is 0 Å². The molecule has 1 aliphatic rings. The number of hydrogen-bond acceptors (Lipinski definition) is 2. The van der Waals surface area contributed by atoms with E-state index in [9.17, 15) is 4.39 Å². The van der Waals surface area contributed by atoms with Crippen LogP contribution in [0.2, 0.25) is 0 Å². The number of halogens is 1. The van der Waals surface area contributed by atoms with Gasteiger partial charge < -0.3 is 10.5 Å². The molecule has 1 aromatic rings. The minimum absolute atomic E-state index is 0.269. The van der Waals surface area contributed by atoms with Gasteiger partial charge in [0.05, 0.1) is 6.61 Å². The molecule has 0 spiro atoms. The quantitative estimate of drug-likeness (QED) is 0.854. The molecule has 2 N–H and O–H groups in total. The van der Waals surface area contributed by atoms with Crippen molar-refractivity contribution >= 4 is 0 Å². The number of rotatable bonds is 5. The van der Waals surface area contributed by atoms with Crippen LogP contribution in [-0.4, -0.2) is 13.2 Å². The zero-order chi connectivity index (χ0) is 12.1. The Hall–Kier alpha value is -1.09. The van der Waals surface area contributed by atoms with Crippen molar-refractivity contribution in [2.45, 2.75) is 32.1 Å². The van der Waals surface area contributed by atoms with Crippen LogP contribution in [0.4, 0.5) is 4.39 Å². The van der Waals surface area contributed by atoms with Gasteiger partial charge in [-0.2, -0.15) is 0 Å². The van der Waals surface area contributed by atoms with Crippen molar-refractivity contribution in [2.24, 2.45) is 11.7 Å². The Balaban J connectivity index is 1.91. The van der Waals surface area contributed by atoms with E-state index in [1.54, 1.807) is 6.07 Å². The summed E-state index contributed by atoms with van der Waals surface area (Å²) in [5.74, 6) is 0.713. The van der Waals surface area contributed by atoms with E-state index in [1.165, 1.54) is 31.7 Å². The Bertz CT molecular complexity index is 361. The molecule has 17 heavy (non-hydrogen) atoms. The second-order valence-corrected chi connectivity index (χ2v) is 4.76. The van der Waals surface area contributed by atoms with E-state index in [2.05, 4.69) is 0 Å². The van der Waals surface area contributed by atoms with Gasteiger partial charge in [0.1, 0.15) is 0 Å². The van der Waals surface area contributed by atoms with Crippen molar-refractivity contribution in [1.29, 1.82) is 0 Å². The van der Waals surface area contributed by atoms with Crippen LogP contribution in [0, 0.1) is 11.7 Å². The first-order valence-corrected chi connectivity index (χ1v) is 6.41. The third-order valence-corrected chi connectivity index (χ3v) is 3.38. The minimum Gasteiger partial charge on any atom is -0.490 e. The van der Waals surface area contributed by atoms with Gasteiger partial charge in [-0.15, -0.1) is 0 Å². The Labute approximate surface area is 102 Å². The van der Waals surface area contributed by atoms with E-state index >= 15 is 0 Å². The highest BCUT2D eigenvalue weighted by atomic mass is 19.1. The highest BCUT2D eigenvalue weighted by molar-refractivity contribution is 5.29. The molecule has 0 atom stereocenters. The van der Waals surface area contributed by atoms with Gasteiger partial charge >= 0.3 is 0 Å². The molecule has 1 aliphatic carbocycles. The van der Waals surface area contributed by atoms with Crippen molar-refractivity contribution < 1.29 is 9.13 Å². The van der Waals surface area contributed by atoms with Gasteiger partial charge in [-0.05, 0) is 49.4 Å². The molecule has 0 amide bonds. The Morgan fingerprint density at radius 1 is 1.29 bits per heavy atom. The SMILES string of the molecule is NCCc1ccc(OCC2CCCC2)c(F)c1. The summed E-state index contributed by atoms with van der Waals surface area (Å²) in [6, 6.07) is 5.13. The summed E-state index contributed by atoms with van der Waals surface area (Å²) in [7, 11) is 0. The van der Waals surface area contributed by atoms with Gasteiger partial charge in [0, 0.05) is 0 Å². The van der Waals surface area contributed by atoms with Gasteiger partial charge in [0.25, 0.3) is 0 Å². The second kappa shape index (κ2) is 6.01. The molecule has 0 radical (unpaired) electrons. The van der Waals surface area contributed by atoms with Gasteiger partial charge in [-0.3, -0.25) is 0 Å². The van der Waals surface area contributed by atoms with Gasteiger partial charge in [-0.1, -0.05) is 18.9 Å². The lowest BCUT2D eigenvalue weighted by Crippen LogP contribution is -2.09. The van der Waals surface area contributed by atoms with Crippen LogP contribution >= 0.6 is 0 Å². The molecule has 2 nitrogen and oxygen atoms in total. The summed E-state index contributed by atoms with van der Waals surface area (Å²) in [6.45, 7) is 1.19. The highest BCUT2D eigenvalue weighted by Gasteiger charge is 2.16. The smallest absolute Gasteiger partial charge is 0.165 e. The first-order chi connectivity index (χ1) is 8.29. The maximum absolute atomic E-state index is 13.7. The van der Waals surface area contributed by atoms with Crippen LogP contribution in [0.1, 0.15) is 31.2 Å². The van der Waals surface area contributed by atoms with Crippen molar-refractivity contribution in [2.75, 3.05) is 13.2 Å². The van der Waals surface area contributed by atoms with Crippen LogP contribution < -0.4 is 10.5 Å². The molecule has 2 rings (SSSR count). The number of hydrogen-bond donors (Lipinski definition) is 1. The lowest BCUT2D eigenvalue weighted by molar-refractivity contribution is 0.242. The molecule has 0 bridgehead atoms. The van der Waals surface area contributed by atoms with Crippen LogP contribution in [-0.2, 0) is 6.42 Å². The number of benzene rings is 1. The summed E-state index contributed by atoms with van der Waals surface area (Å²) in [5, 5.41) is 0. The van der Waals surface area contributed by atoms with Crippen LogP contribution in [0.3, 0.4) is 0 Å². The lowest BCUT2D eigenvalue weighted by atomic mass is 10.1. The van der Waals surface area contributed by atoms with Crippen LogP contribution in [0.15, 0.2) is 18.2 Å². The monoisotopic (exact) mass is 237 g/mol. The average Bonchev–Trinajstić information content (AvgIpc) is 2.81. The molecule has 0 saturated heterocycles. The summed E-state index contributed by atoms with van der Waals surface area (Å²) < 4.78 is 19.2. The second-order valence-electron chi connectivity index (χ2n) is 4.76. The van der Waals surface area contributed by atoms with Crippen LogP contribution in [0.5, 0.6) is 5.75 Å². The normalized spacial score (nSPS) is 16.4. The van der Waals surface area contributed by atoms with Crippen molar-refractivity contribution in [3.05, 3.63) is 29.6 Å². The number of ether oxygens (including phenoxy) is 1. The topological polar surface area (TPSA) is 35.2 Å². The van der Waals surface area contributed by atoms with E-state index in [0.717, 1.165) is 5.56 Å². The standard InChI is InChI=1S/C14H20FNO/c15-13-9-11(7-8-16)5-6-14(13)17-10-12-3-1-2-4-12/h5-6,9,12H,1-4,7-8,10,16H2. The highest BCUT2D eigenvalue weighted by Crippen LogP contribution is 2.26. The maximum atomic E-state index is 13.7.